The first-order valence-electron chi connectivity index (χ1n) is 13.2. The second kappa shape index (κ2) is 9.29. The summed E-state index contributed by atoms with van der Waals surface area (Å²) < 4.78 is 0. The Morgan fingerprint density at radius 3 is 2.11 bits per heavy atom. The number of hydrogen-bond acceptors (Lipinski definition) is 7. The third-order valence-electron chi connectivity index (χ3n) is 8.23. The quantitative estimate of drug-likeness (QED) is 0.504. The van der Waals surface area contributed by atoms with E-state index in [4.69, 9.17) is 4.99 Å². The first kappa shape index (κ1) is 23.1. The molecule has 0 aromatic carbocycles. The maximum absolute atomic E-state index is 13.4. The molecule has 5 aliphatic rings. The van der Waals surface area contributed by atoms with Gasteiger partial charge in [0.1, 0.15) is 0 Å². The van der Waals surface area contributed by atoms with Crippen LogP contribution in [0.3, 0.4) is 0 Å². The van der Waals surface area contributed by atoms with Crippen molar-refractivity contribution in [1.82, 2.24) is 35.5 Å². The van der Waals surface area contributed by atoms with Crippen LogP contribution in [0.25, 0.3) is 0 Å². The minimum atomic E-state index is -0.172. The second-order valence-electron chi connectivity index (χ2n) is 11.2. The molecule has 1 saturated heterocycles. The SMILES string of the molecule is Cc1cc(C)nc(/N=C(/NC(=O)NC23CC4CC(CC(C4)C2)C3)N2CCN(c3ncccn3)CC2)n1. The minimum Gasteiger partial charge on any atom is -0.339 e. The zero-order valence-corrected chi connectivity index (χ0v) is 21.2. The third-order valence-corrected chi connectivity index (χ3v) is 8.23. The maximum atomic E-state index is 13.4. The van der Waals surface area contributed by atoms with Crippen LogP contribution in [0.4, 0.5) is 16.7 Å². The lowest BCUT2D eigenvalue weighted by Crippen LogP contribution is -2.63. The van der Waals surface area contributed by atoms with E-state index in [1.54, 1.807) is 12.4 Å². The molecule has 0 unspecified atom stereocenters. The van der Waals surface area contributed by atoms with Crippen LogP contribution < -0.4 is 15.5 Å². The van der Waals surface area contributed by atoms with Gasteiger partial charge in [-0.3, -0.25) is 5.32 Å². The number of guanidine groups is 1. The smallest absolute Gasteiger partial charge is 0.321 e. The highest BCUT2D eigenvalue weighted by atomic mass is 16.2. The maximum Gasteiger partial charge on any atom is 0.321 e. The molecule has 36 heavy (non-hydrogen) atoms. The number of anilines is 1. The van der Waals surface area contributed by atoms with Crippen LogP contribution in [0.2, 0.25) is 0 Å². The molecule has 0 spiro atoms. The molecule has 4 saturated carbocycles. The van der Waals surface area contributed by atoms with Gasteiger partial charge in [0, 0.05) is 55.5 Å². The van der Waals surface area contributed by atoms with Crippen LogP contribution in [-0.2, 0) is 0 Å². The van der Waals surface area contributed by atoms with Crippen molar-refractivity contribution in [2.45, 2.75) is 57.9 Å². The molecule has 4 bridgehead atoms. The van der Waals surface area contributed by atoms with Gasteiger partial charge < -0.3 is 15.1 Å². The molecule has 10 nitrogen and oxygen atoms in total. The minimum absolute atomic E-state index is 0.0658. The van der Waals surface area contributed by atoms with E-state index in [0.717, 1.165) is 67.4 Å². The Labute approximate surface area is 212 Å². The summed E-state index contributed by atoms with van der Waals surface area (Å²) in [5.74, 6) is 3.88. The standard InChI is InChI=1S/C26H35N9O/c1-17-10-18(2)30-22(29-17)31-24(35-8-6-34(7-9-35)23-27-4-3-5-28-23)32-25(36)33-26-14-19-11-20(15-26)13-21(12-19)16-26/h3-5,10,19-21H,6-9,11-16H2,1-2H3,(H2,29,30,31,32,33,36). The number of carbonyl (C=O) groups is 1. The Balaban J connectivity index is 1.19. The first-order chi connectivity index (χ1) is 17.4. The van der Waals surface area contributed by atoms with E-state index in [9.17, 15) is 4.79 Å². The van der Waals surface area contributed by atoms with Gasteiger partial charge in [0.15, 0.2) is 0 Å². The average molecular weight is 490 g/mol. The molecule has 7 rings (SSSR count). The van der Waals surface area contributed by atoms with E-state index in [-0.39, 0.29) is 11.6 Å². The zero-order chi connectivity index (χ0) is 24.7. The van der Waals surface area contributed by atoms with Crippen LogP contribution >= 0.6 is 0 Å². The van der Waals surface area contributed by atoms with Crippen molar-refractivity contribution in [3.8, 4) is 0 Å². The van der Waals surface area contributed by atoms with Crippen LogP contribution in [0.1, 0.15) is 49.9 Å². The van der Waals surface area contributed by atoms with Crippen molar-refractivity contribution in [2.24, 2.45) is 22.7 Å². The molecule has 4 aliphatic carbocycles. The summed E-state index contributed by atoms with van der Waals surface area (Å²) in [7, 11) is 0. The molecule has 2 N–H and O–H groups in total. The Morgan fingerprint density at radius 1 is 0.944 bits per heavy atom. The van der Waals surface area contributed by atoms with Gasteiger partial charge in [-0.25, -0.2) is 24.7 Å². The monoisotopic (exact) mass is 489 g/mol. The summed E-state index contributed by atoms with van der Waals surface area (Å²) in [6, 6.07) is 3.57. The fourth-order valence-electron chi connectivity index (χ4n) is 7.24. The molecule has 1 aliphatic heterocycles. The van der Waals surface area contributed by atoms with Crippen LogP contribution in [0, 0.1) is 31.6 Å². The second-order valence-corrected chi connectivity index (χ2v) is 11.2. The number of carbonyl (C=O) groups excluding carboxylic acids is 1. The van der Waals surface area contributed by atoms with Gasteiger partial charge in [0.05, 0.1) is 0 Å². The number of aromatic nitrogens is 4. The lowest BCUT2D eigenvalue weighted by atomic mass is 9.53. The Kier molecular flexibility index (Phi) is 5.97. The van der Waals surface area contributed by atoms with E-state index in [2.05, 4.69) is 40.4 Å². The summed E-state index contributed by atoms with van der Waals surface area (Å²) in [4.78, 5) is 40.1. The van der Waals surface area contributed by atoms with Gasteiger partial charge in [0.25, 0.3) is 5.95 Å². The summed E-state index contributed by atoms with van der Waals surface area (Å²) in [6.07, 6.45) is 10.9. The number of rotatable bonds is 3. The molecule has 3 heterocycles. The van der Waals surface area contributed by atoms with Gasteiger partial charge in [-0.2, -0.15) is 4.99 Å². The number of urea groups is 1. The molecule has 0 radical (unpaired) electrons. The lowest BCUT2D eigenvalue weighted by molar-refractivity contribution is -0.0133. The van der Waals surface area contributed by atoms with Gasteiger partial charge >= 0.3 is 6.03 Å². The summed E-state index contributed by atoms with van der Waals surface area (Å²) >= 11 is 0. The molecular formula is C26H35N9O. The van der Waals surface area contributed by atoms with E-state index in [1.807, 2.05) is 26.0 Å². The average Bonchev–Trinajstić information content (AvgIpc) is 2.82. The molecule has 2 aromatic rings. The van der Waals surface area contributed by atoms with E-state index >= 15 is 0 Å². The predicted molar refractivity (Wildman–Crippen MR) is 137 cm³/mol. The number of aryl methyl sites for hydroxylation is 2. The van der Waals surface area contributed by atoms with Gasteiger partial charge in [-0.15, -0.1) is 0 Å². The highest BCUT2D eigenvalue weighted by molar-refractivity contribution is 5.97. The third kappa shape index (κ3) is 4.85. The van der Waals surface area contributed by atoms with Crippen LogP contribution in [-0.4, -0.2) is 68.5 Å². The van der Waals surface area contributed by atoms with Crippen molar-refractivity contribution < 1.29 is 4.79 Å². The Morgan fingerprint density at radius 2 is 1.53 bits per heavy atom. The molecule has 5 fully saturated rings. The number of nitrogens with one attached hydrogen (secondary N) is 2. The van der Waals surface area contributed by atoms with Gasteiger partial charge in [-0.05, 0) is 82.3 Å². The van der Waals surface area contributed by atoms with Crippen LogP contribution in [0.15, 0.2) is 29.5 Å². The molecular weight excluding hydrogens is 454 g/mol. The highest BCUT2D eigenvalue weighted by Crippen LogP contribution is 2.55. The molecule has 0 atom stereocenters. The molecule has 190 valence electrons. The van der Waals surface area contributed by atoms with Crippen LogP contribution in [0.5, 0.6) is 0 Å². The zero-order valence-electron chi connectivity index (χ0n) is 21.2. The number of hydrogen-bond donors (Lipinski definition) is 2. The fraction of sp³-hybridized carbons (Fsp3) is 0.615. The number of nitrogens with zero attached hydrogens (tertiary/aromatic N) is 7. The van der Waals surface area contributed by atoms with Gasteiger partial charge in [0.2, 0.25) is 11.9 Å². The van der Waals surface area contributed by atoms with E-state index < -0.39 is 0 Å². The van der Waals surface area contributed by atoms with E-state index in [0.29, 0.717) is 25.0 Å². The fourth-order valence-corrected chi connectivity index (χ4v) is 7.24. The number of aliphatic imine (C=N–C) groups is 1. The van der Waals surface area contributed by atoms with Crippen molar-refractivity contribution in [2.75, 3.05) is 31.1 Å². The van der Waals surface area contributed by atoms with Crippen molar-refractivity contribution in [3.05, 3.63) is 35.9 Å². The molecule has 10 heteroatoms. The Hall–Kier alpha value is -3.30. The van der Waals surface area contributed by atoms with E-state index in [1.165, 1.54) is 19.3 Å². The van der Waals surface area contributed by atoms with Gasteiger partial charge in [-0.1, -0.05) is 0 Å². The number of piperazine rings is 1. The summed E-state index contributed by atoms with van der Waals surface area (Å²) in [5.41, 5.74) is 1.64. The Bertz CT molecular complexity index is 1090. The first-order valence-corrected chi connectivity index (χ1v) is 13.2. The highest BCUT2D eigenvalue weighted by Gasteiger charge is 2.51. The predicted octanol–water partition coefficient (Wildman–Crippen LogP) is 2.96. The lowest BCUT2D eigenvalue weighted by Gasteiger charge is -2.56. The van der Waals surface area contributed by atoms with Crippen molar-refractivity contribution >= 4 is 23.9 Å². The topological polar surface area (TPSA) is 112 Å². The molecule has 2 aromatic heterocycles. The normalized spacial score (nSPS) is 29.4. The van der Waals surface area contributed by atoms with Crippen molar-refractivity contribution in [3.63, 3.8) is 0 Å². The summed E-state index contributed by atoms with van der Waals surface area (Å²) in [6.45, 7) is 6.68. The number of amides is 2. The largest absolute Gasteiger partial charge is 0.339 e. The van der Waals surface area contributed by atoms with Crippen molar-refractivity contribution in [1.29, 1.82) is 0 Å². The molecule has 2 amide bonds. The summed E-state index contributed by atoms with van der Waals surface area (Å²) in [5, 5.41) is 6.51.